The van der Waals surface area contributed by atoms with Crippen molar-refractivity contribution in [1.82, 2.24) is 4.31 Å². The number of halogens is 1. The highest BCUT2D eigenvalue weighted by Gasteiger charge is 2.33. The molecule has 20 heavy (non-hydrogen) atoms. The molecule has 0 saturated carbocycles. The van der Waals surface area contributed by atoms with Crippen LogP contribution in [0.5, 0.6) is 5.75 Å². The molecule has 5 nitrogen and oxygen atoms in total. The lowest BCUT2D eigenvalue weighted by molar-refractivity contribution is 0.255. The largest absolute Gasteiger partial charge is 0.489 e. The maximum atomic E-state index is 12.6. The first kappa shape index (κ1) is 14.1. The molecule has 0 radical (unpaired) electrons. The van der Waals surface area contributed by atoms with Crippen molar-refractivity contribution in [2.75, 3.05) is 13.1 Å². The smallest absolute Gasteiger partial charge is 0.243 e. The van der Waals surface area contributed by atoms with Gasteiger partial charge in [-0.1, -0.05) is 11.6 Å². The van der Waals surface area contributed by atoms with Gasteiger partial charge in [-0.15, -0.1) is 0 Å². The third-order valence-corrected chi connectivity index (χ3v) is 5.87. The van der Waals surface area contributed by atoms with Gasteiger partial charge in [0, 0.05) is 31.1 Å². The van der Waals surface area contributed by atoms with Crippen LogP contribution >= 0.6 is 11.6 Å². The molecular weight excluding hydrogens is 300 g/mol. The number of fused-ring (bicyclic) bond motifs is 1. The Kier molecular flexibility index (Phi) is 3.44. The molecular formula is C13H17ClN2O3S. The van der Waals surface area contributed by atoms with Crippen LogP contribution in [-0.2, 0) is 16.4 Å². The van der Waals surface area contributed by atoms with Crippen LogP contribution < -0.4 is 10.5 Å². The fourth-order valence-corrected chi connectivity index (χ4v) is 4.67. The van der Waals surface area contributed by atoms with Crippen LogP contribution in [0, 0.1) is 0 Å². The lowest BCUT2D eigenvalue weighted by atomic mass is 10.1. The first-order valence-electron chi connectivity index (χ1n) is 6.62. The molecule has 0 spiro atoms. The molecule has 2 unspecified atom stereocenters. The summed E-state index contributed by atoms with van der Waals surface area (Å²) in [6, 6.07) is 3.06. The summed E-state index contributed by atoms with van der Waals surface area (Å²) in [4.78, 5) is 0.230. The molecule has 2 heterocycles. The summed E-state index contributed by atoms with van der Waals surface area (Å²) in [6.45, 7) is 2.76. The zero-order chi connectivity index (χ0) is 14.5. The minimum absolute atomic E-state index is 0.0284. The highest BCUT2D eigenvalue weighted by molar-refractivity contribution is 7.89. The van der Waals surface area contributed by atoms with E-state index in [1.165, 1.54) is 10.4 Å². The van der Waals surface area contributed by atoms with Crippen LogP contribution in [0.3, 0.4) is 0 Å². The Morgan fingerprint density at radius 3 is 2.85 bits per heavy atom. The Hall–Kier alpha value is -0.820. The van der Waals surface area contributed by atoms with Gasteiger partial charge in [-0.2, -0.15) is 4.31 Å². The molecule has 1 aromatic rings. The van der Waals surface area contributed by atoms with E-state index in [2.05, 4.69) is 0 Å². The summed E-state index contributed by atoms with van der Waals surface area (Å²) < 4.78 is 32.2. The van der Waals surface area contributed by atoms with Crippen molar-refractivity contribution >= 4 is 21.6 Å². The van der Waals surface area contributed by atoms with Crippen LogP contribution in [-0.4, -0.2) is 38.0 Å². The minimum Gasteiger partial charge on any atom is -0.489 e. The van der Waals surface area contributed by atoms with E-state index in [0.29, 0.717) is 36.7 Å². The van der Waals surface area contributed by atoms with Crippen LogP contribution in [0.15, 0.2) is 17.0 Å². The van der Waals surface area contributed by atoms with Crippen molar-refractivity contribution in [1.29, 1.82) is 0 Å². The summed E-state index contributed by atoms with van der Waals surface area (Å²) >= 11 is 6.15. The average molecular weight is 317 g/mol. The second kappa shape index (κ2) is 4.87. The van der Waals surface area contributed by atoms with Gasteiger partial charge in [-0.3, -0.25) is 0 Å². The number of benzene rings is 1. The third-order valence-electron chi connectivity index (χ3n) is 3.75. The second-order valence-electron chi connectivity index (χ2n) is 5.44. The maximum Gasteiger partial charge on any atom is 0.243 e. The van der Waals surface area contributed by atoms with Gasteiger partial charge in [0.1, 0.15) is 11.9 Å². The van der Waals surface area contributed by atoms with E-state index in [1.807, 2.05) is 6.92 Å². The number of nitrogens with zero attached hydrogens (tertiary/aromatic N) is 1. The van der Waals surface area contributed by atoms with E-state index in [0.717, 1.165) is 5.56 Å². The number of ether oxygens (including phenoxy) is 1. The fourth-order valence-electron chi connectivity index (χ4n) is 2.73. The molecule has 2 aliphatic rings. The third kappa shape index (κ3) is 2.30. The summed E-state index contributed by atoms with van der Waals surface area (Å²) in [6.07, 6.45) is 1.40. The zero-order valence-corrected chi connectivity index (χ0v) is 12.7. The van der Waals surface area contributed by atoms with Crippen LogP contribution in [0.1, 0.15) is 18.9 Å². The van der Waals surface area contributed by atoms with Gasteiger partial charge in [0.15, 0.2) is 0 Å². The molecule has 3 rings (SSSR count). The molecule has 1 saturated heterocycles. The van der Waals surface area contributed by atoms with Gasteiger partial charge in [-0.25, -0.2) is 8.42 Å². The van der Waals surface area contributed by atoms with Crippen molar-refractivity contribution < 1.29 is 13.2 Å². The minimum atomic E-state index is -3.52. The SMILES string of the molecule is CC1Cc2cc(S(=O)(=O)N3CCC(N)C3)cc(Cl)c2O1. The van der Waals surface area contributed by atoms with Gasteiger partial charge < -0.3 is 10.5 Å². The number of sulfonamides is 1. The summed E-state index contributed by atoms with van der Waals surface area (Å²) in [5.74, 6) is 0.608. The Morgan fingerprint density at radius 2 is 2.20 bits per heavy atom. The van der Waals surface area contributed by atoms with Gasteiger partial charge in [0.25, 0.3) is 0 Å². The molecule has 0 aromatic heterocycles. The Labute approximate surface area is 123 Å². The molecule has 2 N–H and O–H groups in total. The maximum absolute atomic E-state index is 12.6. The van der Waals surface area contributed by atoms with Crippen LogP contribution in [0.2, 0.25) is 5.02 Å². The van der Waals surface area contributed by atoms with E-state index >= 15 is 0 Å². The summed E-state index contributed by atoms with van der Waals surface area (Å²) in [5.41, 5.74) is 6.64. The Balaban J connectivity index is 1.99. The molecule has 7 heteroatoms. The highest BCUT2D eigenvalue weighted by Crippen LogP contribution is 2.38. The van der Waals surface area contributed by atoms with E-state index in [9.17, 15) is 8.42 Å². The van der Waals surface area contributed by atoms with Crippen molar-refractivity contribution in [3.05, 3.63) is 22.7 Å². The predicted molar refractivity (Wildman–Crippen MR) is 76.6 cm³/mol. The molecule has 2 aliphatic heterocycles. The first-order valence-corrected chi connectivity index (χ1v) is 8.44. The summed E-state index contributed by atoms with van der Waals surface area (Å²) in [7, 11) is -3.52. The zero-order valence-electron chi connectivity index (χ0n) is 11.2. The van der Waals surface area contributed by atoms with Crippen molar-refractivity contribution in [2.45, 2.75) is 36.8 Å². The number of nitrogens with two attached hydrogens (primary N) is 1. The highest BCUT2D eigenvalue weighted by atomic mass is 35.5. The van der Waals surface area contributed by atoms with Crippen LogP contribution in [0.25, 0.3) is 0 Å². The lowest BCUT2D eigenvalue weighted by Gasteiger charge is -2.17. The van der Waals surface area contributed by atoms with Gasteiger partial charge in [0.2, 0.25) is 10.0 Å². The molecule has 0 amide bonds. The first-order chi connectivity index (χ1) is 9.38. The average Bonchev–Trinajstić information content (AvgIpc) is 2.95. The Bertz CT molecular complexity index is 647. The van der Waals surface area contributed by atoms with Crippen molar-refractivity contribution in [3.8, 4) is 5.75 Å². The molecule has 1 aromatic carbocycles. The lowest BCUT2D eigenvalue weighted by Crippen LogP contribution is -2.32. The van der Waals surface area contributed by atoms with E-state index in [-0.39, 0.29) is 17.0 Å². The molecule has 0 bridgehead atoms. The molecule has 1 fully saturated rings. The van der Waals surface area contributed by atoms with Crippen molar-refractivity contribution in [2.24, 2.45) is 5.73 Å². The second-order valence-corrected chi connectivity index (χ2v) is 7.78. The van der Waals surface area contributed by atoms with E-state index < -0.39 is 10.0 Å². The quantitative estimate of drug-likeness (QED) is 0.895. The Morgan fingerprint density at radius 1 is 1.45 bits per heavy atom. The molecule has 0 aliphatic carbocycles. The number of hydrogen-bond donors (Lipinski definition) is 1. The van der Waals surface area contributed by atoms with Gasteiger partial charge in [-0.05, 0) is 25.5 Å². The summed E-state index contributed by atoms with van der Waals surface area (Å²) in [5, 5.41) is 0.355. The normalized spacial score (nSPS) is 26.6. The standard InChI is InChI=1S/C13H17ClN2O3S/c1-8-4-9-5-11(6-12(14)13(9)19-8)20(17,18)16-3-2-10(15)7-16/h5-6,8,10H,2-4,7,15H2,1H3. The number of rotatable bonds is 2. The topological polar surface area (TPSA) is 72.6 Å². The van der Waals surface area contributed by atoms with E-state index in [1.54, 1.807) is 6.07 Å². The number of hydrogen-bond acceptors (Lipinski definition) is 4. The fraction of sp³-hybridized carbons (Fsp3) is 0.538. The molecule has 110 valence electrons. The van der Waals surface area contributed by atoms with Crippen molar-refractivity contribution in [3.63, 3.8) is 0 Å². The molecule has 2 atom stereocenters. The van der Waals surface area contributed by atoms with E-state index in [4.69, 9.17) is 22.1 Å². The predicted octanol–water partition coefficient (Wildman–Crippen LogP) is 1.39. The monoisotopic (exact) mass is 316 g/mol. The van der Waals surface area contributed by atoms with Crippen LogP contribution in [0.4, 0.5) is 0 Å². The van der Waals surface area contributed by atoms with Gasteiger partial charge in [0.05, 0.1) is 9.92 Å². The van der Waals surface area contributed by atoms with Gasteiger partial charge >= 0.3 is 0 Å².